The minimum atomic E-state index is -0.216. The van der Waals surface area contributed by atoms with Crippen LogP contribution in [0.3, 0.4) is 0 Å². The van der Waals surface area contributed by atoms with Crippen molar-refractivity contribution < 1.29 is 4.79 Å². The van der Waals surface area contributed by atoms with Gasteiger partial charge < -0.3 is 5.32 Å². The van der Waals surface area contributed by atoms with Gasteiger partial charge in [-0.1, -0.05) is 17.7 Å². The van der Waals surface area contributed by atoms with E-state index in [1.165, 1.54) is 11.3 Å². The average molecular weight is 291 g/mol. The Morgan fingerprint density at radius 1 is 1.37 bits per heavy atom. The molecule has 0 aliphatic rings. The van der Waals surface area contributed by atoms with Crippen molar-refractivity contribution in [3.05, 3.63) is 46.5 Å². The molecule has 0 fully saturated rings. The monoisotopic (exact) mass is 291 g/mol. The number of benzene rings is 1. The summed E-state index contributed by atoms with van der Waals surface area (Å²) in [4.78, 5) is 16.1. The highest BCUT2D eigenvalue weighted by Gasteiger charge is 2.11. The van der Waals surface area contributed by atoms with Crippen LogP contribution in [0, 0.1) is 13.8 Å². The van der Waals surface area contributed by atoms with Gasteiger partial charge in [0.2, 0.25) is 0 Å². The van der Waals surface area contributed by atoms with Gasteiger partial charge in [-0.05, 0) is 37.7 Å². The largest absolute Gasteiger partial charge is 0.308 e. The maximum absolute atomic E-state index is 12.1. The summed E-state index contributed by atoms with van der Waals surface area (Å²) < 4.78 is 0. The van der Waals surface area contributed by atoms with E-state index in [1.807, 2.05) is 31.4 Å². The molecule has 1 heterocycles. The molecule has 0 radical (unpaired) electrons. The van der Waals surface area contributed by atoms with Crippen molar-refractivity contribution in [1.82, 2.24) is 10.3 Å². The first kappa shape index (κ1) is 13.6. The molecule has 0 saturated heterocycles. The lowest BCUT2D eigenvalue weighted by atomic mass is 10.1. The van der Waals surface area contributed by atoms with Crippen molar-refractivity contribution >= 4 is 39.7 Å². The van der Waals surface area contributed by atoms with E-state index >= 15 is 0 Å². The molecule has 2 rings (SSSR count). The number of hydrogen-bond donors (Lipinski definition) is 2. The number of thiocarbonyl (C=S) groups is 1. The minimum Gasteiger partial charge on any atom is -0.308 e. The number of amides is 1. The van der Waals surface area contributed by atoms with E-state index < -0.39 is 0 Å². The van der Waals surface area contributed by atoms with Crippen LogP contribution in [0.25, 0.3) is 0 Å². The fraction of sp³-hybridized carbons (Fsp3) is 0.154. The SMILES string of the molecule is Cc1ccc(C(=O)NC(=S)Nc2nccs2)c(C)c1. The normalized spacial score (nSPS) is 10.0. The van der Waals surface area contributed by atoms with Gasteiger partial charge in [0.1, 0.15) is 0 Å². The van der Waals surface area contributed by atoms with Crippen molar-refractivity contribution in [3.8, 4) is 0 Å². The molecule has 6 heteroatoms. The highest BCUT2D eigenvalue weighted by Crippen LogP contribution is 2.12. The molecule has 0 aliphatic heterocycles. The minimum absolute atomic E-state index is 0.216. The molecule has 0 aliphatic carbocycles. The number of aromatic nitrogens is 1. The zero-order valence-corrected chi connectivity index (χ0v) is 12.2. The third-order valence-corrected chi connectivity index (χ3v) is 3.40. The molecule has 19 heavy (non-hydrogen) atoms. The predicted molar refractivity (Wildman–Crippen MR) is 81.7 cm³/mol. The van der Waals surface area contributed by atoms with Crippen molar-refractivity contribution in [2.45, 2.75) is 13.8 Å². The Kier molecular flexibility index (Phi) is 4.24. The second-order valence-electron chi connectivity index (χ2n) is 4.06. The van der Waals surface area contributed by atoms with Gasteiger partial charge in [-0.2, -0.15) is 0 Å². The van der Waals surface area contributed by atoms with Gasteiger partial charge in [-0.3, -0.25) is 10.1 Å². The second-order valence-corrected chi connectivity index (χ2v) is 5.37. The van der Waals surface area contributed by atoms with Crippen molar-refractivity contribution in [2.75, 3.05) is 5.32 Å². The Bertz CT molecular complexity index is 608. The third kappa shape index (κ3) is 3.59. The Labute approximate surface area is 120 Å². The summed E-state index contributed by atoms with van der Waals surface area (Å²) in [6.45, 7) is 3.89. The van der Waals surface area contributed by atoms with Gasteiger partial charge in [0.15, 0.2) is 10.2 Å². The molecule has 1 aromatic heterocycles. The molecule has 2 aromatic rings. The summed E-state index contributed by atoms with van der Waals surface area (Å²) in [6, 6.07) is 5.66. The molecule has 98 valence electrons. The van der Waals surface area contributed by atoms with Crippen LogP contribution in [0.2, 0.25) is 0 Å². The second kappa shape index (κ2) is 5.90. The summed E-state index contributed by atoms with van der Waals surface area (Å²) in [5, 5.41) is 8.24. The van der Waals surface area contributed by atoms with E-state index in [0.29, 0.717) is 10.7 Å². The maximum Gasteiger partial charge on any atom is 0.257 e. The number of anilines is 1. The van der Waals surface area contributed by atoms with Crippen LogP contribution in [0.4, 0.5) is 5.13 Å². The number of thiazole rings is 1. The summed E-state index contributed by atoms with van der Waals surface area (Å²) in [5.74, 6) is -0.216. The number of rotatable bonds is 2. The number of nitrogens with zero attached hydrogens (tertiary/aromatic N) is 1. The Morgan fingerprint density at radius 2 is 2.16 bits per heavy atom. The smallest absolute Gasteiger partial charge is 0.257 e. The van der Waals surface area contributed by atoms with Crippen molar-refractivity contribution in [1.29, 1.82) is 0 Å². The Balaban J connectivity index is 2.02. The van der Waals surface area contributed by atoms with Crippen LogP contribution in [0.1, 0.15) is 21.5 Å². The Morgan fingerprint density at radius 3 is 2.79 bits per heavy atom. The maximum atomic E-state index is 12.1. The summed E-state index contributed by atoms with van der Waals surface area (Å²) in [5.41, 5.74) is 2.67. The molecule has 4 nitrogen and oxygen atoms in total. The zero-order valence-electron chi connectivity index (χ0n) is 10.6. The molecule has 0 spiro atoms. The summed E-state index contributed by atoms with van der Waals surface area (Å²) in [7, 11) is 0. The lowest BCUT2D eigenvalue weighted by molar-refractivity contribution is 0.0977. The molecule has 0 saturated carbocycles. The van der Waals surface area contributed by atoms with Gasteiger partial charge in [0.05, 0.1) is 0 Å². The first-order valence-corrected chi connectivity index (χ1v) is 6.94. The first-order valence-electron chi connectivity index (χ1n) is 5.65. The summed E-state index contributed by atoms with van der Waals surface area (Å²) in [6.07, 6.45) is 1.67. The van der Waals surface area contributed by atoms with Crippen LogP contribution in [0.5, 0.6) is 0 Å². The molecule has 0 atom stereocenters. The van der Waals surface area contributed by atoms with E-state index in [1.54, 1.807) is 12.3 Å². The van der Waals surface area contributed by atoms with Crippen LogP contribution in [-0.2, 0) is 0 Å². The molecule has 0 bridgehead atoms. The molecule has 1 amide bonds. The number of carbonyl (C=O) groups excluding carboxylic acids is 1. The van der Waals surface area contributed by atoms with Crippen LogP contribution >= 0.6 is 23.6 Å². The van der Waals surface area contributed by atoms with Gasteiger partial charge in [0, 0.05) is 17.1 Å². The predicted octanol–water partition coefficient (Wildman–Crippen LogP) is 2.89. The number of aryl methyl sites for hydroxylation is 2. The lowest BCUT2D eigenvalue weighted by Gasteiger charge is -2.09. The van der Waals surface area contributed by atoms with Crippen molar-refractivity contribution in [3.63, 3.8) is 0 Å². The van der Waals surface area contributed by atoms with E-state index in [4.69, 9.17) is 12.2 Å². The third-order valence-electron chi connectivity index (χ3n) is 2.51. The number of carbonyl (C=O) groups is 1. The fourth-order valence-electron chi connectivity index (χ4n) is 1.65. The lowest BCUT2D eigenvalue weighted by Crippen LogP contribution is -2.34. The molecule has 2 N–H and O–H groups in total. The van der Waals surface area contributed by atoms with Gasteiger partial charge in [-0.25, -0.2) is 4.98 Å². The van der Waals surface area contributed by atoms with Gasteiger partial charge in [0.25, 0.3) is 5.91 Å². The van der Waals surface area contributed by atoms with E-state index in [2.05, 4.69) is 15.6 Å². The summed E-state index contributed by atoms with van der Waals surface area (Å²) >= 11 is 6.49. The molecular formula is C13H13N3OS2. The van der Waals surface area contributed by atoms with Gasteiger partial charge >= 0.3 is 0 Å². The topological polar surface area (TPSA) is 54.0 Å². The first-order chi connectivity index (χ1) is 9.06. The van der Waals surface area contributed by atoms with Crippen LogP contribution < -0.4 is 10.6 Å². The van der Waals surface area contributed by atoms with Crippen LogP contribution in [-0.4, -0.2) is 16.0 Å². The van der Waals surface area contributed by atoms with Gasteiger partial charge in [-0.15, -0.1) is 11.3 Å². The zero-order chi connectivity index (χ0) is 13.8. The standard InChI is InChI=1S/C13H13N3OS2/c1-8-3-4-10(9(2)7-8)11(17)15-12(18)16-13-14-5-6-19-13/h3-7H,1-2H3,(H2,14,15,16,17,18). The number of nitrogens with one attached hydrogen (secondary N) is 2. The highest BCUT2D eigenvalue weighted by molar-refractivity contribution is 7.80. The fourth-order valence-corrected chi connectivity index (χ4v) is 2.44. The molecular weight excluding hydrogens is 278 g/mol. The highest BCUT2D eigenvalue weighted by atomic mass is 32.1. The quantitative estimate of drug-likeness (QED) is 0.835. The molecule has 0 unspecified atom stereocenters. The van der Waals surface area contributed by atoms with E-state index in [9.17, 15) is 4.79 Å². The van der Waals surface area contributed by atoms with Crippen LogP contribution in [0.15, 0.2) is 29.8 Å². The Hall–Kier alpha value is -1.79. The average Bonchev–Trinajstić information content (AvgIpc) is 2.81. The molecule has 1 aromatic carbocycles. The number of hydrogen-bond acceptors (Lipinski definition) is 4. The van der Waals surface area contributed by atoms with E-state index in [0.717, 1.165) is 11.1 Å². The van der Waals surface area contributed by atoms with Crippen molar-refractivity contribution in [2.24, 2.45) is 0 Å². The van der Waals surface area contributed by atoms with E-state index in [-0.39, 0.29) is 11.0 Å².